The molecular weight excluding hydrogens is 232 g/mol. The maximum absolute atomic E-state index is 11.3. The Bertz CT molecular complexity index is 269. The number of amides is 1. The first kappa shape index (κ1) is 15.0. The van der Waals surface area contributed by atoms with Gasteiger partial charge in [-0.25, -0.2) is 0 Å². The van der Waals surface area contributed by atoms with E-state index in [4.69, 9.17) is 4.74 Å². The first-order chi connectivity index (χ1) is 8.72. The second-order valence-electron chi connectivity index (χ2n) is 4.60. The van der Waals surface area contributed by atoms with Gasteiger partial charge in [0.1, 0.15) is 0 Å². The van der Waals surface area contributed by atoms with Crippen LogP contribution >= 0.6 is 0 Å². The summed E-state index contributed by atoms with van der Waals surface area (Å²) >= 11 is 0. The van der Waals surface area contributed by atoms with Crippen molar-refractivity contribution in [3.8, 4) is 0 Å². The minimum Gasteiger partial charge on any atom is -0.466 e. The van der Waals surface area contributed by atoms with Crippen molar-refractivity contribution in [3.63, 3.8) is 0 Å². The number of ether oxygens (including phenoxy) is 1. The van der Waals surface area contributed by atoms with Gasteiger partial charge in [0, 0.05) is 19.5 Å². The van der Waals surface area contributed by atoms with Gasteiger partial charge in [-0.1, -0.05) is 6.42 Å². The van der Waals surface area contributed by atoms with Gasteiger partial charge in [-0.05, 0) is 32.7 Å². The number of carbonyl (C=O) groups excluding carboxylic acids is 2. The first-order valence-corrected chi connectivity index (χ1v) is 6.87. The molecule has 1 N–H and O–H groups in total. The zero-order valence-corrected chi connectivity index (χ0v) is 11.2. The molecule has 1 rings (SSSR count). The average molecular weight is 256 g/mol. The van der Waals surface area contributed by atoms with E-state index in [9.17, 15) is 9.59 Å². The predicted molar refractivity (Wildman–Crippen MR) is 69.2 cm³/mol. The maximum Gasteiger partial charge on any atom is 0.305 e. The second kappa shape index (κ2) is 8.91. The molecule has 1 amide bonds. The number of hydrogen-bond acceptors (Lipinski definition) is 4. The normalized spacial score (nSPS) is 17.1. The van der Waals surface area contributed by atoms with E-state index >= 15 is 0 Å². The lowest BCUT2D eigenvalue weighted by molar-refractivity contribution is -0.143. The molecule has 1 saturated heterocycles. The molecule has 0 bridgehead atoms. The molecule has 0 atom stereocenters. The van der Waals surface area contributed by atoms with Crippen molar-refractivity contribution in [2.45, 2.75) is 39.0 Å². The second-order valence-corrected chi connectivity index (χ2v) is 4.60. The molecule has 18 heavy (non-hydrogen) atoms. The lowest BCUT2D eigenvalue weighted by atomic mass is 10.2. The number of hydrogen-bond donors (Lipinski definition) is 1. The Morgan fingerprint density at radius 2 is 2.22 bits per heavy atom. The largest absolute Gasteiger partial charge is 0.466 e. The van der Waals surface area contributed by atoms with Gasteiger partial charge in [0.2, 0.25) is 5.91 Å². The van der Waals surface area contributed by atoms with Crippen LogP contribution in [0.3, 0.4) is 0 Å². The van der Waals surface area contributed by atoms with Crippen molar-refractivity contribution in [1.82, 2.24) is 10.2 Å². The van der Waals surface area contributed by atoms with E-state index in [-0.39, 0.29) is 11.9 Å². The molecule has 0 saturated carbocycles. The van der Waals surface area contributed by atoms with E-state index in [2.05, 4.69) is 10.2 Å². The Morgan fingerprint density at radius 3 is 3.00 bits per heavy atom. The number of carbonyl (C=O) groups is 2. The van der Waals surface area contributed by atoms with Gasteiger partial charge in [-0.15, -0.1) is 0 Å². The minimum atomic E-state index is -0.105. The summed E-state index contributed by atoms with van der Waals surface area (Å²) < 4.78 is 4.87. The van der Waals surface area contributed by atoms with Crippen LogP contribution in [0, 0.1) is 0 Å². The number of esters is 1. The summed E-state index contributed by atoms with van der Waals surface area (Å²) in [4.78, 5) is 24.6. The van der Waals surface area contributed by atoms with Gasteiger partial charge in [-0.3, -0.25) is 14.5 Å². The summed E-state index contributed by atoms with van der Waals surface area (Å²) in [6.07, 6.45) is 4.45. The van der Waals surface area contributed by atoms with Crippen molar-refractivity contribution in [3.05, 3.63) is 0 Å². The van der Waals surface area contributed by atoms with Crippen molar-refractivity contribution in [1.29, 1.82) is 0 Å². The Hall–Kier alpha value is -1.10. The fourth-order valence-corrected chi connectivity index (χ4v) is 2.07. The molecule has 0 aromatic heterocycles. The van der Waals surface area contributed by atoms with Gasteiger partial charge in [0.05, 0.1) is 13.2 Å². The molecule has 0 spiro atoms. The van der Waals surface area contributed by atoms with E-state index < -0.39 is 0 Å². The molecule has 0 unspecified atom stereocenters. The zero-order chi connectivity index (χ0) is 13.2. The van der Waals surface area contributed by atoms with Gasteiger partial charge < -0.3 is 10.1 Å². The third-order valence-electron chi connectivity index (χ3n) is 3.00. The Balaban J connectivity index is 2.03. The Labute approximate surface area is 109 Å². The van der Waals surface area contributed by atoms with Crippen LogP contribution in [-0.4, -0.2) is 49.6 Å². The highest BCUT2D eigenvalue weighted by atomic mass is 16.5. The van der Waals surface area contributed by atoms with Crippen LogP contribution in [-0.2, 0) is 14.3 Å². The van der Waals surface area contributed by atoms with E-state index in [0.717, 1.165) is 45.3 Å². The summed E-state index contributed by atoms with van der Waals surface area (Å²) in [6.45, 7) is 5.51. The molecule has 5 nitrogen and oxygen atoms in total. The molecule has 1 aliphatic heterocycles. The van der Waals surface area contributed by atoms with Gasteiger partial charge in [0.25, 0.3) is 0 Å². The molecule has 1 fully saturated rings. The quantitative estimate of drug-likeness (QED) is 0.544. The van der Waals surface area contributed by atoms with Crippen LogP contribution in [0.5, 0.6) is 0 Å². The topological polar surface area (TPSA) is 58.6 Å². The van der Waals surface area contributed by atoms with Crippen LogP contribution in [0.15, 0.2) is 0 Å². The lowest BCUT2D eigenvalue weighted by Gasteiger charge is -2.17. The summed E-state index contributed by atoms with van der Waals surface area (Å²) in [5, 5.41) is 2.86. The lowest BCUT2D eigenvalue weighted by Crippen LogP contribution is -2.33. The fourth-order valence-electron chi connectivity index (χ4n) is 2.07. The monoisotopic (exact) mass is 256 g/mol. The number of unbranched alkanes of at least 4 members (excludes halogenated alkanes) is 2. The molecule has 0 radical (unpaired) electrons. The van der Waals surface area contributed by atoms with Crippen molar-refractivity contribution >= 4 is 11.9 Å². The number of rotatable bonds is 7. The predicted octanol–water partition coefficient (Wildman–Crippen LogP) is 0.932. The standard InChI is InChI=1S/C13H24N2O3/c1-2-18-13(17)7-4-3-5-9-15-10-6-8-14-12(16)11-15/h2-11H2,1H3,(H,14,16). The van der Waals surface area contributed by atoms with E-state index in [0.29, 0.717) is 19.6 Å². The summed E-state index contributed by atoms with van der Waals surface area (Å²) in [5.74, 6) is 0.0191. The maximum atomic E-state index is 11.3. The zero-order valence-electron chi connectivity index (χ0n) is 11.2. The first-order valence-electron chi connectivity index (χ1n) is 6.87. The molecule has 104 valence electrons. The fraction of sp³-hybridized carbons (Fsp3) is 0.846. The highest BCUT2D eigenvalue weighted by molar-refractivity contribution is 5.78. The molecular formula is C13H24N2O3. The molecule has 0 aromatic rings. The van der Waals surface area contributed by atoms with Gasteiger partial charge in [0.15, 0.2) is 0 Å². The van der Waals surface area contributed by atoms with Gasteiger partial charge in [-0.2, -0.15) is 0 Å². The van der Waals surface area contributed by atoms with Gasteiger partial charge >= 0.3 is 5.97 Å². The van der Waals surface area contributed by atoms with Crippen LogP contribution < -0.4 is 5.32 Å². The summed E-state index contributed by atoms with van der Waals surface area (Å²) in [6, 6.07) is 0. The van der Waals surface area contributed by atoms with Crippen LogP contribution in [0.2, 0.25) is 0 Å². The van der Waals surface area contributed by atoms with Crippen molar-refractivity contribution in [2.24, 2.45) is 0 Å². The Morgan fingerprint density at radius 1 is 1.39 bits per heavy atom. The summed E-state index contributed by atoms with van der Waals surface area (Å²) in [5.41, 5.74) is 0. The van der Waals surface area contributed by atoms with Crippen LogP contribution in [0.25, 0.3) is 0 Å². The highest BCUT2D eigenvalue weighted by Crippen LogP contribution is 2.04. The SMILES string of the molecule is CCOC(=O)CCCCCN1CCCNC(=O)C1. The van der Waals surface area contributed by atoms with Crippen LogP contribution in [0.1, 0.15) is 39.0 Å². The smallest absolute Gasteiger partial charge is 0.305 e. The number of nitrogens with one attached hydrogen (secondary N) is 1. The van der Waals surface area contributed by atoms with Crippen LogP contribution in [0.4, 0.5) is 0 Å². The highest BCUT2D eigenvalue weighted by Gasteiger charge is 2.13. The number of nitrogens with zero attached hydrogens (tertiary/aromatic N) is 1. The molecule has 1 heterocycles. The summed E-state index contributed by atoms with van der Waals surface area (Å²) in [7, 11) is 0. The molecule has 1 aliphatic rings. The average Bonchev–Trinajstić information content (AvgIpc) is 2.53. The Kier molecular flexibility index (Phi) is 7.41. The van der Waals surface area contributed by atoms with E-state index in [1.165, 1.54) is 0 Å². The molecule has 0 aromatic carbocycles. The van der Waals surface area contributed by atoms with E-state index in [1.807, 2.05) is 6.92 Å². The van der Waals surface area contributed by atoms with E-state index in [1.54, 1.807) is 0 Å². The van der Waals surface area contributed by atoms with Crippen molar-refractivity contribution < 1.29 is 14.3 Å². The van der Waals surface area contributed by atoms with Crippen molar-refractivity contribution in [2.75, 3.05) is 32.8 Å². The third kappa shape index (κ3) is 6.59. The molecule has 0 aliphatic carbocycles. The minimum absolute atomic E-state index is 0.105. The molecule has 5 heteroatoms. The third-order valence-corrected chi connectivity index (χ3v) is 3.00.